The number of hydrogen-bond donors (Lipinski definition) is 1. The van der Waals surface area contributed by atoms with Gasteiger partial charge in [-0.25, -0.2) is 0 Å². The Morgan fingerprint density at radius 1 is 1.14 bits per heavy atom. The van der Waals surface area contributed by atoms with E-state index in [1.54, 1.807) is 0 Å². The maximum absolute atomic E-state index is 12.5. The monoisotopic (exact) mass is 303 g/mol. The molecule has 0 aromatic heterocycles. The summed E-state index contributed by atoms with van der Waals surface area (Å²) in [5.41, 5.74) is 4.70. The molecule has 1 fully saturated rings. The van der Waals surface area contributed by atoms with Crippen LogP contribution in [0.3, 0.4) is 0 Å². The van der Waals surface area contributed by atoms with Crippen molar-refractivity contribution in [1.29, 1.82) is 0 Å². The molecule has 1 aliphatic rings. The van der Waals surface area contributed by atoms with E-state index < -0.39 is 5.97 Å². The number of nitrogens with zero attached hydrogens (tertiary/aromatic N) is 1. The van der Waals surface area contributed by atoms with Gasteiger partial charge in [0.25, 0.3) is 0 Å². The van der Waals surface area contributed by atoms with E-state index in [1.807, 2.05) is 4.90 Å². The Bertz CT molecular complexity index is 549. The number of carbonyl (C=O) groups excluding carboxylic acids is 1. The van der Waals surface area contributed by atoms with Crippen LogP contribution in [-0.4, -0.2) is 35.0 Å². The van der Waals surface area contributed by atoms with Gasteiger partial charge in [-0.05, 0) is 56.2 Å². The molecule has 0 saturated carbocycles. The SMILES string of the molecule is Cc1cc(C)c(CC(=O)N2CCC(CC(=O)O)CC2)c(C)c1. The molecule has 0 atom stereocenters. The average Bonchev–Trinajstić information content (AvgIpc) is 2.42. The average molecular weight is 303 g/mol. The summed E-state index contributed by atoms with van der Waals surface area (Å²) in [6.45, 7) is 7.55. The van der Waals surface area contributed by atoms with Crippen molar-refractivity contribution >= 4 is 11.9 Å². The van der Waals surface area contributed by atoms with Crippen molar-refractivity contribution in [2.75, 3.05) is 13.1 Å². The highest BCUT2D eigenvalue weighted by Gasteiger charge is 2.24. The number of amides is 1. The Hall–Kier alpha value is -1.84. The molecule has 0 unspecified atom stereocenters. The number of aliphatic carboxylic acids is 1. The molecule has 22 heavy (non-hydrogen) atoms. The molecule has 1 amide bonds. The van der Waals surface area contributed by atoms with Gasteiger partial charge < -0.3 is 10.0 Å². The number of likely N-dealkylation sites (tertiary alicyclic amines) is 1. The molecule has 1 aliphatic heterocycles. The summed E-state index contributed by atoms with van der Waals surface area (Å²) in [6, 6.07) is 4.24. The lowest BCUT2D eigenvalue weighted by molar-refractivity contribution is -0.138. The number of aryl methyl sites for hydroxylation is 3. The predicted octanol–water partition coefficient (Wildman–Crippen LogP) is 2.87. The highest BCUT2D eigenvalue weighted by Crippen LogP contribution is 2.22. The van der Waals surface area contributed by atoms with E-state index in [9.17, 15) is 9.59 Å². The van der Waals surface area contributed by atoms with E-state index in [2.05, 4.69) is 32.9 Å². The zero-order chi connectivity index (χ0) is 16.3. The highest BCUT2D eigenvalue weighted by atomic mass is 16.4. The fourth-order valence-electron chi connectivity index (χ4n) is 3.39. The van der Waals surface area contributed by atoms with Gasteiger partial charge in [0.15, 0.2) is 0 Å². The van der Waals surface area contributed by atoms with Gasteiger partial charge in [-0.2, -0.15) is 0 Å². The number of piperidine rings is 1. The van der Waals surface area contributed by atoms with Crippen LogP contribution in [0.15, 0.2) is 12.1 Å². The fourth-order valence-corrected chi connectivity index (χ4v) is 3.39. The number of benzene rings is 1. The largest absolute Gasteiger partial charge is 0.481 e. The second-order valence-corrected chi connectivity index (χ2v) is 6.48. The number of carbonyl (C=O) groups is 2. The van der Waals surface area contributed by atoms with Crippen LogP contribution in [0, 0.1) is 26.7 Å². The van der Waals surface area contributed by atoms with E-state index >= 15 is 0 Å². The number of carboxylic acids is 1. The second kappa shape index (κ2) is 6.95. The van der Waals surface area contributed by atoms with Gasteiger partial charge in [0.2, 0.25) is 5.91 Å². The van der Waals surface area contributed by atoms with Crippen LogP contribution in [0.5, 0.6) is 0 Å². The first-order chi connectivity index (χ1) is 10.4. The first-order valence-electron chi connectivity index (χ1n) is 7.93. The van der Waals surface area contributed by atoms with Gasteiger partial charge in [-0.3, -0.25) is 9.59 Å². The van der Waals surface area contributed by atoms with E-state index in [1.165, 1.54) is 16.7 Å². The summed E-state index contributed by atoms with van der Waals surface area (Å²) in [6.07, 6.45) is 2.26. The Morgan fingerprint density at radius 2 is 1.68 bits per heavy atom. The lowest BCUT2D eigenvalue weighted by Gasteiger charge is -2.31. The first kappa shape index (κ1) is 16.5. The molecule has 1 aromatic rings. The maximum Gasteiger partial charge on any atom is 0.303 e. The fraction of sp³-hybridized carbons (Fsp3) is 0.556. The summed E-state index contributed by atoms with van der Waals surface area (Å²) in [5.74, 6) is -0.371. The van der Waals surface area contributed by atoms with Crippen LogP contribution in [0.1, 0.15) is 41.5 Å². The lowest BCUT2D eigenvalue weighted by Crippen LogP contribution is -2.39. The molecule has 1 saturated heterocycles. The molecule has 1 N–H and O–H groups in total. The van der Waals surface area contributed by atoms with Crippen molar-refractivity contribution in [2.45, 2.75) is 46.5 Å². The molecular formula is C18H25NO3. The predicted molar refractivity (Wildman–Crippen MR) is 85.9 cm³/mol. The molecule has 4 heteroatoms. The summed E-state index contributed by atoms with van der Waals surface area (Å²) < 4.78 is 0. The summed E-state index contributed by atoms with van der Waals surface area (Å²) in [4.78, 5) is 25.1. The van der Waals surface area contributed by atoms with Crippen molar-refractivity contribution in [3.05, 3.63) is 34.4 Å². The highest BCUT2D eigenvalue weighted by molar-refractivity contribution is 5.79. The molecule has 4 nitrogen and oxygen atoms in total. The van der Waals surface area contributed by atoms with Gasteiger partial charge in [-0.1, -0.05) is 17.7 Å². The summed E-state index contributed by atoms with van der Waals surface area (Å²) in [5, 5.41) is 8.84. The number of carboxylic acid groups (broad SMARTS) is 1. The second-order valence-electron chi connectivity index (χ2n) is 6.48. The van der Waals surface area contributed by atoms with Crippen molar-refractivity contribution in [3.63, 3.8) is 0 Å². The minimum Gasteiger partial charge on any atom is -0.481 e. The van der Waals surface area contributed by atoms with Crippen molar-refractivity contribution in [2.24, 2.45) is 5.92 Å². The molecule has 120 valence electrons. The van der Waals surface area contributed by atoms with Crippen LogP contribution in [0.2, 0.25) is 0 Å². The Kier molecular flexibility index (Phi) is 5.22. The summed E-state index contributed by atoms with van der Waals surface area (Å²) >= 11 is 0. The van der Waals surface area contributed by atoms with Crippen molar-refractivity contribution in [3.8, 4) is 0 Å². The zero-order valence-corrected chi connectivity index (χ0v) is 13.7. The lowest BCUT2D eigenvalue weighted by atomic mass is 9.92. The molecule has 0 bridgehead atoms. The molecule has 0 radical (unpaired) electrons. The minimum atomic E-state index is -0.740. The molecule has 1 aromatic carbocycles. The number of rotatable bonds is 4. The normalized spacial score (nSPS) is 15.9. The molecule has 1 heterocycles. The summed E-state index contributed by atoms with van der Waals surface area (Å²) in [7, 11) is 0. The molecule has 0 aliphatic carbocycles. The van der Waals surface area contributed by atoms with Gasteiger partial charge in [0.1, 0.15) is 0 Å². The third-order valence-electron chi connectivity index (χ3n) is 4.60. The van der Waals surface area contributed by atoms with Crippen LogP contribution in [0.25, 0.3) is 0 Å². The third kappa shape index (κ3) is 4.09. The van der Waals surface area contributed by atoms with Crippen molar-refractivity contribution < 1.29 is 14.7 Å². The zero-order valence-electron chi connectivity index (χ0n) is 13.7. The van der Waals surface area contributed by atoms with Gasteiger partial charge in [0.05, 0.1) is 6.42 Å². The number of hydrogen-bond acceptors (Lipinski definition) is 2. The van der Waals surface area contributed by atoms with E-state index in [4.69, 9.17) is 5.11 Å². The van der Waals surface area contributed by atoms with E-state index in [0.29, 0.717) is 19.5 Å². The Morgan fingerprint density at radius 3 is 2.18 bits per heavy atom. The van der Waals surface area contributed by atoms with Gasteiger partial charge in [-0.15, -0.1) is 0 Å². The third-order valence-corrected chi connectivity index (χ3v) is 4.60. The van der Waals surface area contributed by atoms with Gasteiger partial charge in [0, 0.05) is 19.5 Å². The smallest absolute Gasteiger partial charge is 0.303 e. The Labute approximate surface area is 132 Å². The minimum absolute atomic E-state index is 0.156. The maximum atomic E-state index is 12.5. The Balaban J connectivity index is 1.95. The van der Waals surface area contributed by atoms with Crippen LogP contribution < -0.4 is 0 Å². The van der Waals surface area contributed by atoms with Crippen LogP contribution >= 0.6 is 0 Å². The molecule has 2 rings (SSSR count). The van der Waals surface area contributed by atoms with E-state index in [-0.39, 0.29) is 18.2 Å². The van der Waals surface area contributed by atoms with Gasteiger partial charge >= 0.3 is 5.97 Å². The van der Waals surface area contributed by atoms with E-state index in [0.717, 1.165) is 18.4 Å². The quantitative estimate of drug-likeness (QED) is 0.930. The molecular weight excluding hydrogens is 278 g/mol. The topological polar surface area (TPSA) is 57.6 Å². The molecule has 0 spiro atoms. The van der Waals surface area contributed by atoms with Crippen LogP contribution in [0.4, 0.5) is 0 Å². The van der Waals surface area contributed by atoms with Crippen molar-refractivity contribution in [1.82, 2.24) is 4.90 Å². The standard InChI is InChI=1S/C18H25NO3/c1-12-8-13(2)16(14(3)9-12)11-17(20)19-6-4-15(5-7-19)10-18(21)22/h8-9,15H,4-7,10-11H2,1-3H3,(H,21,22). The first-order valence-corrected chi connectivity index (χ1v) is 7.93. The van der Waals surface area contributed by atoms with Crippen LogP contribution in [-0.2, 0) is 16.0 Å².